The molecule has 1 atom stereocenters. The number of carbonyl (C=O) groups excluding carboxylic acids is 1. The molecule has 1 heterocycles. The molecule has 0 radical (unpaired) electrons. The van der Waals surface area contributed by atoms with Crippen LogP contribution in [0.15, 0.2) is 18.2 Å². The molecular weight excluding hydrogens is 310 g/mol. The zero-order chi connectivity index (χ0) is 16.7. The first-order valence-electron chi connectivity index (χ1n) is 8.52. The molecule has 5 heteroatoms. The number of nitrogens with one attached hydrogen (secondary N) is 1. The van der Waals surface area contributed by atoms with Gasteiger partial charge in [-0.2, -0.15) is 0 Å². The number of carbonyl (C=O) groups is 1. The summed E-state index contributed by atoms with van der Waals surface area (Å²) in [4.78, 5) is 12.5. The highest BCUT2D eigenvalue weighted by molar-refractivity contribution is 7.91. The average molecular weight is 335 g/mol. The topological polar surface area (TPSA) is 63.2 Å². The molecule has 2 aliphatic rings. The Balaban J connectivity index is 1.65. The van der Waals surface area contributed by atoms with Gasteiger partial charge in [-0.05, 0) is 60.8 Å². The molecule has 1 aromatic rings. The van der Waals surface area contributed by atoms with E-state index in [1.807, 2.05) is 6.07 Å². The number of amides is 1. The fraction of sp³-hybridized carbons (Fsp3) is 0.611. The lowest BCUT2D eigenvalue weighted by Gasteiger charge is -2.22. The SMILES string of the molecule is CCc1ccc(NC(=O)[C@H]2CC23CCS(=O)(=O)CC3)cc1CC. The molecule has 1 amide bonds. The molecular formula is C18H25NO3S. The fourth-order valence-corrected chi connectivity index (χ4v) is 5.46. The molecule has 126 valence electrons. The van der Waals surface area contributed by atoms with Crippen LogP contribution in [0.3, 0.4) is 0 Å². The number of benzene rings is 1. The summed E-state index contributed by atoms with van der Waals surface area (Å²) in [5.41, 5.74) is 3.41. The third kappa shape index (κ3) is 3.30. The molecule has 1 N–H and O–H groups in total. The molecule has 1 aromatic carbocycles. The summed E-state index contributed by atoms with van der Waals surface area (Å²) in [6.07, 6.45) is 4.07. The quantitative estimate of drug-likeness (QED) is 0.920. The van der Waals surface area contributed by atoms with Gasteiger partial charge in [0.15, 0.2) is 0 Å². The van der Waals surface area contributed by atoms with Gasteiger partial charge in [-0.25, -0.2) is 8.42 Å². The molecule has 4 nitrogen and oxygen atoms in total. The predicted octanol–water partition coefficient (Wildman–Crippen LogP) is 2.96. The van der Waals surface area contributed by atoms with Crippen LogP contribution in [0.5, 0.6) is 0 Å². The zero-order valence-electron chi connectivity index (χ0n) is 13.9. The van der Waals surface area contributed by atoms with E-state index in [9.17, 15) is 13.2 Å². The number of anilines is 1. The largest absolute Gasteiger partial charge is 0.326 e. The van der Waals surface area contributed by atoms with Gasteiger partial charge in [0.05, 0.1) is 11.5 Å². The van der Waals surface area contributed by atoms with Crippen molar-refractivity contribution in [2.45, 2.75) is 46.0 Å². The minimum atomic E-state index is -2.87. The summed E-state index contributed by atoms with van der Waals surface area (Å²) < 4.78 is 23.1. The molecule has 1 saturated carbocycles. The summed E-state index contributed by atoms with van der Waals surface area (Å²) in [7, 11) is -2.87. The van der Waals surface area contributed by atoms with E-state index in [1.54, 1.807) is 0 Å². The maximum atomic E-state index is 12.5. The van der Waals surface area contributed by atoms with Crippen molar-refractivity contribution in [2.24, 2.45) is 11.3 Å². The van der Waals surface area contributed by atoms with Crippen molar-refractivity contribution in [1.82, 2.24) is 0 Å². The molecule has 0 bridgehead atoms. The number of aryl methyl sites for hydroxylation is 2. The smallest absolute Gasteiger partial charge is 0.228 e. The summed E-state index contributed by atoms with van der Waals surface area (Å²) in [5, 5.41) is 3.03. The van der Waals surface area contributed by atoms with Crippen molar-refractivity contribution >= 4 is 21.4 Å². The van der Waals surface area contributed by atoms with Gasteiger partial charge in [0.2, 0.25) is 5.91 Å². The van der Waals surface area contributed by atoms with Gasteiger partial charge in [-0.15, -0.1) is 0 Å². The molecule has 1 saturated heterocycles. The zero-order valence-corrected chi connectivity index (χ0v) is 14.7. The summed E-state index contributed by atoms with van der Waals surface area (Å²) in [6, 6.07) is 6.12. The number of rotatable bonds is 4. The first-order valence-corrected chi connectivity index (χ1v) is 10.3. The van der Waals surface area contributed by atoms with Crippen LogP contribution in [-0.2, 0) is 27.5 Å². The van der Waals surface area contributed by atoms with Crippen LogP contribution in [0, 0.1) is 11.3 Å². The molecule has 0 aromatic heterocycles. The maximum Gasteiger partial charge on any atom is 0.228 e. The van der Waals surface area contributed by atoms with E-state index in [0.717, 1.165) is 24.9 Å². The number of hydrogen-bond donors (Lipinski definition) is 1. The third-order valence-electron chi connectivity index (χ3n) is 5.56. The van der Waals surface area contributed by atoms with E-state index >= 15 is 0 Å². The monoisotopic (exact) mass is 335 g/mol. The number of hydrogen-bond acceptors (Lipinski definition) is 3. The molecule has 0 unspecified atom stereocenters. The van der Waals surface area contributed by atoms with Gasteiger partial charge in [0, 0.05) is 11.6 Å². The van der Waals surface area contributed by atoms with E-state index < -0.39 is 9.84 Å². The average Bonchev–Trinajstić information content (AvgIpc) is 3.25. The normalized spacial score (nSPS) is 24.3. The van der Waals surface area contributed by atoms with E-state index in [0.29, 0.717) is 12.8 Å². The van der Waals surface area contributed by atoms with Crippen LogP contribution in [0.25, 0.3) is 0 Å². The Bertz CT molecular complexity index is 710. The van der Waals surface area contributed by atoms with Crippen molar-refractivity contribution in [2.75, 3.05) is 16.8 Å². The second-order valence-corrected chi connectivity index (χ2v) is 9.25. The van der Waals surface area contributed by atoms with Crippen LogP contribution in [0.1, 0.15) is 44.2 Å². The Kier molecular flexibility index (Phi) is 4.25. The predicted molar refractivity (Wildman–Crippen MR) is 92.3 cm³/mol. The van der Waals surface area contributed by atoms with Crippen LogP contribution < -0.4 is 5.32 Å². The third-order valence-corrected chi connectivity index (χ3v) is 7.22. The van der Waals surface area contributed by atoms with Crippen LogP contribution >= 0.6 is 0 Å². The standard InChI is InChI=1S/C18H25NO3S/c1-3-13-5-6-15(11-14(13)4-2)19-17(20)16-12-18(16)7-9-23(21,22)10-8-18/h5-6,11,16H,3-4,7-10,12H2,1-2H3,(H,19,20)/t16-/m1/s1. The van der Waals surface area contributed by atoms with Crippen molar-refractivity contribution in [1.29, 1.82) is 0 Å². The van der Waals surface area contributed by atoms with Crippen molar-refractivity contribution in [3.05, 3.63) is 29.3 Å². The minimum absolute atomic E-state index is 0.0195. The van der Waals surface area contributed by atoms with Gasteiger partial charge in [-0.1, -0.05) is 19.9 Å². The highest BCUT2D eigenvalue weighted by Crippen LogP contribution is 2.60. The van der Waals surface area contributed by atoms with Crippen molar-refractivity contribution in [3.63, 3.8) is 0 Å². The van der Waals surface area contributed by atoms with E-state index in [1.165, 1.54) is 11.1 Å². The van der Waals surface area contributed by atoms with Gasteiger partial charge < -0.3 is 5.32 Å². The second kappa shape index (κ2) is 5.93. The Hall–Kier alpha value is -1.36. The molecule has 1 aliphatic carbocycles. The minimum Gasteiger partial charge on any atom is -0.326 e. The van der Waals surface area contributed by atoms with Gasteiger partial charge >= 0.3 is 0 Å². The van der Waals surface area contributed by atoms with Gasteiger partial charge in [0.25, 0.3) is 0 Å². The van der Waals surface area contributed by atoms with Crippen molar-refractivity contribution < 1.29 is 13.2 Å². The van der Waals surface area contributed by atoms with E-state index in [4.69, 9.17) is 0 Å². The maximum absolute atomic E-state index is 12.5. The van der Waals surface area contributed by atoms with Gasteiger partial charge in [0.1, 0.15) is 9.84 Å². The van der Waals surface area contributed by atoms with Crippen molar-refractivity contribution in [3.8, 4) is 0 Å². The Morgan fingerprint density at radius 3 is 2.43 bits per heavy atom. The fourth-order valence-electron chi connectivity index (χ4n) is 3.82. The molecule has 1 spiro atoms. The first kappa shape index (κ1) is 16.5. The summed E-state index contributed by atoms with van der Waals surface area (Å²) in [5.74, 6) is 0.508. The lowest BCUT2D eigenvalue weighted by atomic mass is 9.96. The molecule has 1 aliphatic heterocycles. The Morgan fingerprint density at radius 2 is 1.83 bits per heavy atom. The Labute approximate surface area is 138 Å². The van der Waals surface area contributed by atoms with Crippen LogP contribution in [0.2, 0.25) is 0 Å². The molecule has 23 heavy (non-hydrogen) atoms. The number of sulfone groups is 1. The lowest BCUT2D eigenvalue weighted by molar-refractivity contribution is -0.118. The van der Waals surface area contributed by atoms with Gasteiger partial charge in [-0.3, -0.25) is 4.79 Å². The van der Waals surface area contributed by atoms with Crippen LogP contribution in [0.4, 0.5) is 5.69 Å². The Morgan fingerprint density at radius 1 is 1.17 bits per heavy atom. The highest BCUT2D eigenvalue weighted by Gasteiger charge is 2.59. The summed E-state index contributed by atoms with van der Waals surface area (Å²) in [6.45, 7) is 4.26. The van der Waals surface area contributed by atoms with E-state index in [2.05, 4.69) is 31.3 Å². The first-order chi connectivity index (χ1) is 10.9. The van der Waals surface area contributed by atoms with Crippen LogP contribution in [-0.4, -0.2) is 25.8 Å². The lowest BCUT2D eigenvalue weighted by Crippen LogP contribution is -2.28. The van der Waals surface area contributed by atoms with E-state index in [-0.39, 0.29) is 28.7 Å². The summed E-state index contributed by atoms with van der Waals surface area (Å²) >= 11 is 0. The second-order valence-electron chi connectivity index (χ2n) is 6.95. The highest BCUT2D eigenvalue weighted by atomic mass is 32.2. The molecule has 3 rings (SSSR count). The molecule has 2 fully saturated rings.